The number of hydrogen-bond acceptors (Lipinski definition) is 7. The molecule has 2 heterocycles. The molecular formula is C16H18O7. The SMILES string of the molecule is Cc1cc(=O)oc2cc(O[C@H]3C[C@@H](O)[C@@H](O)C(CO)O3)ccc12. The number of benzene rings is 1. The topological polar surface area (TPSA) is 109 Å². The lowest BCUT2D eigenvalue weighted by Gasteiger charge is -2.36. The van der Waals surface area contributed by atoms with Crippen LogP contribution in [0.25, 0.3) is 11.0 Å². The summed E-state index contributed by atoms with van der Waals surface area (Å²) in [4.78, 5) is 11.4. The second-order valence-electron chi connectivity index (χ2n) is 5.60. The molecule has 23 heavy (non-hydrogen) atoms. The second-order valence-corrected chi connectivity index (χ2v) is 5.60. The van der Waals surface area contributed by atoms with Crippen molar-refractivity contribution in [2.75, 3.05) is 6.61 Å². The molecule has 7 heteroatoms. The summed E-state index contributed by atoms with van der Waals surface area (Å²) in [6.45, 7) is 1.39. The van der Waals surface area contributed by atoms with E-state index in [0.29, 0.717) is 11.3 Å². The molecule has 0 radical (unpaired) electrons. The Bertz CT molecular complexity index is 754. The van der Waals surface area contributed by atoms with Crippen molar-refractivity contribution in [2.24, 2.45) is 0 Å². The quantitative estimate of drug-likeness (QED) is 0.698. The van der Waals surface area contributed by atoms with Gasteiger partial charge in [0.2, 0.25) is 6.29 Å². The molecule has 0 aliphatic carbocycles. The fourth-order valence-corrected chi connectivity index (χ4v) is 2.67. The summed E-state index contributed by atoms with van der Waals surface area (Å²) >= 11 is 0. The van der Waals surface area contributed by atoms with Crippen LogP contribution < -0.4 is 10.4 Å². The van der Waals surface area contributed by atoms with E-state index in [2.05, 4.69) is 0 Å². The first-order valence-corrected chi connectivity index (χ1v) is 7.31. The number of aliphatic hydroxyl groups is 3. The van der Waals surface area contributed by atoms with E-state index in [1.807, 2.05) is 6.92 Å². The van der Waals surface area contributed by atoms with Crippen molar-refractivity contribution in [3.63, 3.8) is 0 Å². The van der Waals surface area contributed by atoms with E-state index in [1.165, 1.54) is 6.07 Å². The van der Waals surface area contributed by atoms with Gasteiger partial charge < -0.3 is 29.2 Å². The predicted molar refractivity (Wildman–Crippen MR) is 80.2 cm³/mol. The Balaban J connectivity index is 1.83. The molecule has 1 saturated heterocycles. The lowest BCUT2D eigenvalue weighted by molar-refractivity contribution is -0.229. The molecule has 7 nitrogen and oxygen atoms in total. The maximum absolute atomic E-state index is 11.4. The van der Waals surface area contributed by atoms with Gasteiger partial charge in [-0.15, -0.1) is 0 Å². The van der Waals surface area contributed by atoms with Gasteiger partial charge in [0.25, 0.3) is 0 Å². The Kier molecular flexibility index (Phi) is 4.36. The molecule has 1 fully saturated rings. The summed E-state index contributed by atoms with van der Waals surface area (Å²) in [6, 6.07) is 6.44. The number of fused-ring (bicyclic) bond motifs is 1. The molecule has 1 aromatic carbocycles. The van der Waals surface area contributed by atoms with Gasteiger partial charge in [0, 0.05) is 23.9 Å². The van der Waals surface area contributed by atoms with Gasteiger partial charge in [-0.3, -0.25) is 0 Å². The maximum Gasteiger partial charge on any atom is 0.336 e. The van der Waals surface area contributed by atoms with Crippen LogP contribution in [-0.4, -0.2) is 46.5 Å². The van der Waals surface area contributed by atoms with Crippen LogP contribution in [0, 0.1) is 6.92 Å². The molecule has 3 N–H and O–H groups in total. The average Bonchev–Trinajstić information content (AvgIpc) is 2.50. The zero-order valence-electron chi connectivity index (χ0n) is 12.5. The third kappa shape index (κ3) is 3.23. The summed E-state index contributed by atoms with van der Waals surface area (Å²) in [5.74, 6) is 0.400. The van der Waals surface area contributed by atoms with Gasteiger partial charge in [-0.05, 0) is 24.6 Å². The summed E-state index contributed by atoms with van der Waals surface area (Å²) in [5, 5.41) is 29.4. The van der Waals surface area contributed by atoms with Crippen LogP contribution in [0.2, 0.25) is 0 Å². The molecule has 0 amide bonds. The van der Waals surface area contributed by atoms with E-state index in [0.717, 1.165) is 10.9 Å². The summed E-state index contributed by atoms with van der Waals surface area (Å²) in [6.07, 6.45) is -3.87. The molecule has 1 aliphatic heterocycles. The van der Waals surface area contributed by atoms with E-state index >= 15 is 0 Å². The largest absolute Gasteiger partial charge is 0.465 e. The van der Waals surface area contributed by atoms with Crippen LogP contribution in [0.15, 0.2) is 33.5 Å². The third-order valence-electron chi connectivity index (χ3n) is 3.91. The van der Waals surface area contributed by atoms with Gasteiger partial charge in [0.1, 0.15) is 23.5 Å². The third-order valence-corrected chi connectivity index (χ3v) is 3.91. The Morgan fingerprint density at radius 2 is 2.09 bits per heavy atom. The van der Waals surface area contributed by atoms with Crippen molar-refractivity contribution in [2.45, 2.75) is 37.9 Å². The standard InChI is InChI=1S/C16H18O7/c1-8-4-14(19)22-12-5-9(2-3-10(8)12)21-15-6-11(18)16(20)13(7-17)23-15/h2-5,11,13,15-18,20H,6-7H2,1H3/t11-,13?,15-,16-/m1/s1. The van der Waals surface area contributed by atoms with Gasteiger partial charge >= 0.3 is 5.63 Å². The summed E-state index contributed by atoms with van der Waals surface area (Å²) in [7, 11) is 0. The smallest absolute Gasteiger partial charge is 0.336 e. The van der Waals surface area contributed by atoms with E-state index < -0.39 is 36.8 Å². The van der Waals surface area contributed by atoms with Gasteiger partial charge in [0.15, 0.2) is 0 Å². The zero-order valence-corrected chi connectivity index (χ0v) is 12.5. The normalized spacial score (nSPS) is 28.0. The first-order chi connectivity index (χ1) is 11.0. The zero-order chi connectivity index (χ0) is 16.6. The number of rotatable bonds is 3. The number of ether oxygens (including phenoxy) is 2. The highest BCUT2D eigenvalue weighted by molar-refractivity contribution is 5.81. The van der Waals surface area contributed by atoms with Gasteiger partial charge in [-0.2, -0.15) is 0 Å². The minimum absolute atomic E-state index is 0.0630. The summed E-state index contributed by atoms with van der Waals surface area (Å²) < 4.78 is 16.2. The number of aryl methyl sites for hydroxylation is 1. The van der Waals surface area contributed by atoms with E-state index in [9.17, 15) is 15.0 Å². The van der Waals surface area contributed by atoms with Crippen molar-refractivity contribution < 1.29 is 29.2 Å². The lowest BCUT2D eigenvalue weighted by Crippen LogP contribution is -2.51. The molecule has 0 bridgehead atoms. The molecule has 0 spiro atoms. The van der Waals surface area contributed by atoms with E-state index in [4.69, 9.17) is 19.0 Å². The van der Waals surface area contributed by atoms with Crippen LogP contribution in [0.4, 0.5) is 0 Å². The van der Waals surface area contributed by atoms with Crippen LogP contribution in [-0.2, 0) is 4.74 Å². The molecule has 3 rings (SSSR count). The molecule has 1 aliphatic rings. The van der Waals surface area contributed by atoms with Crippen molar-refractivity contribution >= 4 is 11.0 Å². The van der Waals surface area contributed by atoms with Crippen molar-refractivity contribution in [3.8, 4) is 5.75 Å². The Morgan fingerprint density at radius 3 is 2.83 bits per heavy atom. The minimum Gasteiger partial charge on any atom is -0.465 e. The Labute approximate surface area is 131 Å². The highest BCUT2D eigenvalue weighted by Crippen LogP contribution is 2.26. The van der Waals surface area contributed by atoms with E-state index in [1.54, 1.807) is 18.2 Å². The molecule has 2 aromatic rings. The molecule has 1 unspecified atom stereocenters. The molecular weight excluding hydrogens is 304 g/mol. The predicted octanol–water partition coefficient (Wildman–Crippen LogP) is 0.309. The first kappa shape index (κ1) is 15.9. The number of aliphatic hydroxyl groups excluding tert-OH is 3. The van der Waals surface area contributed by atoms with E-state index in [-0.39, 0.29) is 6.42 Å². The fourth-order valence-electron chi connectivity index (χ4n) is 2.67. The van der Waals surface area contributed by atoms with Crippen LogP contribution in [0.3, 0.4) is 0 Å². The fraction of sp³-hybridized carbons (Fsp3) is 0.438. The first-order valence-electron chi connectivity index (χ1n) is 7.31. The highest BCUT2D eigenvalue weighted by Gasteiger charge is 2.37. The summed E-state index contributed by atoms with van der Waals surface area (Å²) in [5.41, 5.74) is 0.748. The number of hydrogen-bond donors (Lipinski definition) is 3. The Hall–Kier alpha value is -1.93. The van der Waals surface area contributed by atoms with Crippen molar-refractivity contribution in [1.82, 2.24) is 0 Å². The van der Waals surface area contributed by atoms with Crippen LogP contribution >= 0.6 is 0 Å². The molecule has 1 aromatic heterocycles. The average molecular weight is 322 g/mol. The minimum atomic E-state index is -1.16. The lowest BCUT2D eigenvalue weighted by atomic mass is 10.0. The van der Waals surface area contributed by atoms with Gasteiger partial charge in [-0.1, -0.05) is 0 Å². The molecule has 4 atom stereocenters. The molecule has 124 valence electrons. The van der Waals surface area contributed by atoms with Crippen molar-refractivity contribution in [3.05, 3.63) is 40.2 Å². The van der Waals surface area contributed by atoms with Gasteiger partial charge in [0.05, 0.1) is 12.7 Å². The highest BCUT2D eigenvalue weighted by atomic mass is 16.7. The molecule has 0 saturated carbocycles. The monoisotopic (exact) mass is 322 g/mol. The van der Waals surface area contributed by atoms with Crippen LogP contribution in [0.5, 0.6) is 5.75 Å². The van der Waals surface area contributed by atoms with Gasteiger partial charge in [-0.25, -0.2) is 4.79 Å². The van der Waals surface area contributed by atoms with Crippen molar-refractivity contribution in [1.29, 1.82) is 0 Å². The Morgan fingerprint density at radius 1 is 1.30 bits per heavy atom. The second kappa shape index (κ2) is 6.29. The van der Waals surface area contributed by atoms with Crippen LogP contribution in [0.1, 0.15) is 12.0 Å². The maximum atomic E-state index is 11.4.